The van der Waals surface area contributed by atoms with Gasteiger partial charge in [-0.15, -0.1) is 0 Å². The van der Waals surface area contributed by atoms with Gasteiger partial charge < -0.3 is 10.6 Å². The molecule has 0 bridgehead atoms. The number of rotatable bonds is 4. The van der Waals surface area contributed by atoms with Crippen molar-refractivity contribution in [2.75, 3.05) is 10.6 Å². The van der Waals surface area contributed by atoms with E-state index < -0.39 is 5.91 Å². The molecule has 0 atom stereocenters. The van der Waals surface area contributed by atoms with E-state index in [2.05, 4.69) is 15.6 Å². The summed E-state index contributed by atoms with van der Waals surface area (Å²) in [6, 6.07) is 13.9. The van der Waals surface area contributed by atoms with Crippen molar-refractivity contribution in [1.82, 2.24) is 4.98 Å². The zero-order chi connectivity index (χ0) is 15.9. The molecule has 1 amide bonds. The number of hydrogen-bond acceptors (Lipinski definition) is 4. The minimum atomic E-state index is -0.509. The van der Waals surface area contributed by atoms with Gasteiger partial charge in [0.2, 0.25) is 0 Å². The molecule has 0 fully saturated rings. The van der Waals surface area contributed by atoms with E-state index in [-0.39, 0.29) is 5.57 Å². The smallest absolute Gasteiger partial charge is 0.267 e. The van der Waals surface area contributed by atoms with Crippen LogP contribution in [0.25, 0.3) is 0 Å². The van der Waals surface area contributed by atoms with Crippen LogP contribution in [0.15, 0.2) is 54.2 Å². The normalized spacial score (nSPS) is 10.7. The number of nitriles is 1. The van der Waals surface area contributed by atoms with Crippen LogP contribution in [-0.4, -0.2) is 10.9 Å². The number of carbonyl (C=O) groups is 1. The van der Waals surface area contributed by atoms with E-state index in [1.807, 2.05) is 25.1 Å². The summed E-state index contributed by atoms with van der Waals surface area (Å²) in [5.74, 6) is 0.0528. The van der Waals surface area contributed by atoms with Crippen LogP contribution in [0.2, 0.25) is 5.02 Å². The summed E-state index contributed by atoms with van der Waals surface area (Å²) in [5, 5.41) is 15.1. The molecule has 6 heteroatoms. The van der Waals surface area contributed by atoms with Gasteiger partial charge in [0.15, 0.2) is 0 Å². The lowest BCUT2D eigenvalue weighted by Crippen LogP contribution is -2.14. The van der Waals surface area contributed by atoms with Crippen molar-refractivity contribution < 1.29 is 4.79 Å². The molecule has 0 radical (unpaired) electrons. The largest absolute Gasteiger partial charge is 0.345 e. The third-order valence-corrected chi connectivity index (χ3v) is 2.97. The molecule has 0 unspecified atom stereocenters. The number of anilines is 2. The maximum atomic E-state index is 12.0. The average Bonchev–Trinajstić information content (AvgIpc) is 2.50. The van der Waals surface area contributed by atoms with Crippen LogP contribution in [0.1, 0.15) is 5.69 Å². The van der Waals surface area contributed by atoms with Crippen LogP contribution >= 0.6 is 11.6 Å². The van der Waals surface area contributed by atoms with Crippen LogP contribution in [0, 0.1) is 18.3 Å². The highest BCUT2D eigenvalue weighted by molar-refractivity contribution is 6.30. The van der Waals surface area contributed by atoms with Crippen LogP contribution in [0.4, 0.5) is 11.5 Å². The highest BCUT2D eigenvalue weighted by Crippen LogP contribution is 2.14. The maximum Gasteiger partial charge on any atom is 0.267 e. The van der Waals surface area contributed by atoms with Gasteiger partial charge in [0, 0.05) is 22.6 Å². The summed E-state index contributed by atoms with van der Waals surface area (Å²) in [6.07, 6.45) is 1.33. The second-order valence-electron chi connectivity index (χ2n) is 4.44. The summed E-state index contributed by atoms with van der Waals surface area (Å²) >= 11 is 5.77. The van der Waals surface area contributed by atoms with E-state index >= 15 is 0 Å². The van der Waals surface area contributed by atoms with Gasteiger partial charge in [-0.05, 0) is 43.3 Å². The summed E-state index contributed by atoms with van der Waals surface area (Å²) in [5.41, 5.74) is 1.34. The predicted molar refractivity (Wildman–Crippen MR) is 86.4 cm³/mol. The maximum absolute atomic E-state index is 12.0. The minimum Gasteiger partial charge on any atom is -0.345 e. The monoisotopic (exact) mass is 312 g/mol. The van der Waals surface area contributed by atoms with Gasteiger partial charge in [0.25, 0.3) is 5.91 Å². The predicted octanol–water partition coefficient (Wildman–Crippen LogP) is 3.50. The van der Waals surface area contributed by atoms with Gasteiger partial charge in [0.1, 0.15) is 17.5 Å². The number of amides is 1. The molecule has 0 saturated carbocycles. The van der Waals surface area contributed by atoms with Gasteiger partial charge in [-0.1, -0.05) is 17.7 Å². The van der Waals surface area contributed by atoms with Gasteiger partial charge in [0.05, 0.1) is 0 Å². The number of nitrogens with one attached hydrogen (secondary N) is 2. The summed E-state index contributed by atoms with van der Waals surface area (Å²) in [4.78, 5) is 16.2. The molecule has 2 rings (SSSR count). The zero-order valence-corrected chi connectivity index (χ0v) is 12.6. The van der Waals surface area contributed by atoms with E-state index in [0.29, 0.717) is 16.5 Å². The fourth-order valence-electron chi connectivity index (χ4n) is 1.65. The molecule has 0 aliphatic heterocycles. The molecule has 0 spiro atoms. The van der Waals surface area contributed by atoms with Crippen molar-refractivity contribution in [2.45, 2.75) is 6.92 Å². The first kappa shape index (κ1) is 15.5. The molecule has 0 aliphatic carbocycles. The molecule has 2 aromatic rings. The number of aryl methyl sites for hydroxylation is 1. The number of benzene rings is 1. The SMILES string of the molecule is Cc1cccc(N/C=C(/C#N)C(=O)Nc2ccc(Cl)cc2)n1. The van der Waals surface area contributed by atoms with Crippen molar-refractivity contribution in [2.24, 2.45) is 0 Å². The van der Waals surface area contributed by atoms with E-state index in [4.69, 9.17) is 16.9 Å². The molecule has 2 N–H and O–H groups in total. The van der Waals surface area contributed by atoms with E-state index in [1.165, 1.54) is 6.20 Å². The van der Waals surface area contributed by atoms with Crippen molar-refractivity contribution in [3.63, 3.8) is 0 Å². The molecule has 1 heterocycles. The van der Waals surface area contributed by atoms with Crippen LogP contribution in [-0.2, 0) is 4.79 Å². The Morgan fingerprint density at radius 2 is 2.00 bits per heavy atom. The summed E-state index contributed by atoms with van der Waals surface area (Å²) in [7, 11) is 0. The van der Waals surface area contributed by atoms with Crippen LogP contribution < -0.4 is 10.6 Å². The first-order chi connectivity index (χ1) is 10.6. The lowest BCUT2D eigenvalue weighted by Gasteiger charge is -2.05. The third kappa shape index (κ3) is 4.33. The standard InChI is InChI=1S/C16H13ClN4O/c1-11-3-2-4-15(20-11)19-10-12(9-18)16(22)21-14-7-5-13(17)6-8-14/h2-8,10H,1H3,(H,19,20)(H,21,22)/b12-10-. The second kappa shape index (κ2) is 7.25. The Kier molecular flexibility index (Phi) is 5.12. The quantitative estimate of drug-likeness (QED) is 0.669. The molecular weight excluding hydrogens is 300 g/mol. The first-order valence-electron chi connectivity index (χ1n) is 6.46. The number of pyridine rings is 1. The second-order valence-corrected chi connectivity index (χ2v) is 4.88. The van der Waals surface area contributed by atoms with Gasteiger partial charge in [-0.25, -0.2) is 4.98 Å². The Labute approximate surface area is 133 Å². The van der Waals surface area contributed by atoms with Crippen molar-refractivity contribution in [3.8, 4) is 6.07 Å². The van der Waals surface area contributed by atoms with Gasteiger partial charge in [-0.3, -0.25) is 4.79 Å². The van der Waals surface area contributed by atoms with Gasteiger partial charge in [-0.2, -0.15) is 5.26 Å². The highest BCUT2D eigenvalue weighted by Gasteiger charge is 2.09. The minimum absolute atomic E-state index is 0.0572. The van der Waals surface area contributed by atoms with E-state index in [0.717, 1.165) is 5.69 Å². The number of hydrogen-bond donors (Lipinski definition) is 2. The molecule has 1 aromatic heterocycles. The van der Waals surface area contributed by atoms with Crippen LogP contribution in [0.3, 0.4) is 0 Å². The Morgan fingerprint density at radius 1 is 1.27 bits per heavy atom. The lowest BCUT2D eigenvalue weighted by atomic mass is 10.2. The van der Waals surface area contributed by atoms with Gasteiger partial charge >= 0.3 is 0 Å². The Balaban J connectivity index is 2.07. The lowest BCUT2D eigenvalue weighted by molar-refractivity contribution is -0.112. The fourth-order valence-corrected chi connectivity index (χ4v) is 1.78. The van der Waals surface area contributed by atoms with Crippen LogP contribution in [0.5, 0.6) is 0 Å². The molecule has 0 aliphatic rings. The fraction of sp³-hybridized carbons (Fsp3) is 0.0625. The van der Waals surface area contributed by atoms with E-state index in [1.54, 1.807) is 30.3 Å². The molecule has 110 valence electrons. The number of nitrogens with zero attached hydrogens (tertiary/aromatic N) is 2. The van der Waals surface area contributed by atoms with Crippen molar-refractivity contribution in [3.05, 3.63) is 65.0 Å². The molecule has 22 heavy (non-hydrogen) atoms. The topological polar surface area (TPSA) is 77.8 Å². The third-order valence-electron chi connectivity index (χ3n) is 2.72. The molecule has 1 aromatic carbocycles. The van der Waals surface area contributed by atoms with E-state index in [9.17, 15) is 4.79 Å². The number of halogens is 1. The average molecular weight is 313 g/mol. The Hall–Kier alpha value is -2.84. The Bertz CT molecular complexity index is 747. The number of carbonyl (C=O) groups excluding carboxylic acids is 1. The molecule has 5 nitrogen and oxygen atoms in total. The highest BCUT2D eigenvalue weighted by atomic mass is 35.5. The number of aromatic nitrogens is 1. The Morgan fingerprint density at radius 3 is 2.64 bits per heavy atom. The summed E-state index contributed by atoms with van der Waals surface area (Å²) in [6.45, 7) is 1.85. The molecular formula is C16H13ClN4O. The first-order valence-corrected chi connectivity index (χ1v) is 6.83. The molecule has 0 saturated heterocycles. The van der Waals surface area contributed by atoms with Crippen molar-refractivity contribution >= 4 is 29.0 Å². The van der Waals surface area contributed by atoms with Crippen molar-refractivity contribution in [1.29, 1.82) is 5.26 Å². The summed E-state index contributed by atoms with van der Waals surface area (Å²) < 4.78 is 0. The zero-order valence-electron chi connectivity index (χ0n) is 11.8.